The molecule has 3 rings (SSSR count). The fraction of sp³-hybridized carbons (Fsp3) is 0.625. The molecule has 8 nitrogen and oxygen atoms in total. The molecule has 0 unspecified atom stereocenters. The minimum Gasteiger partial charge on any atom is -0.445 e. The summed E-state index contributed by atoms with van der Waals surface area (Å²) in [5.41, 5.74) is 0.910. The van der Waals surface area contributed by atoms with Gasteiger partial charge in [-0.1, -0.05) is 42.5 Å². The normalized spacial score (nSPS) is 28.8. The molecule has 1 heterocycles. The lowest BCUT2D eigenvalue weighted by molar-refractivity contribution is -0.262. The Morgan fingerprint density at radius 3 is 2.75 bits per heavy atom. The SMILES string of the molecule is COCO[C@H]([C@@H]1OC(C)(C)OC[C@H]2CC=C[C@@H](NC(=O)OCc3ccccc3)[C@H]21)[C@@H](C)O. The number of nitrogens with one attached hydrogen (secondary N) is 1. The Kier molecular flexibility index (Phi) is 8.67. The molecule has 0 aromatic heterocycles. The van der Waals surface area contributed by atoms with Crippen LogP contribution in [0.5, 0.6) is 0 Å². The molecule has 1 aliphatic carbocycles. The number of hydrogen-bond acceptors (Lipinski definition) is 7. The molecule has 1 aromatic carbocycles. The zero-order valence-electron chi connectivity index (χ0n) is 19.2. The third-order valence-corrected chi connectivity index (χ3v) is 5.86. The molecular weight excluding hydrogens is 414 g/mol. The van der Waals surface area contributed by atoms with Crippen LogP contribution in [0, 0.1) is 11.8 Å². The second-order valence-corrected chi connectivity index (χ2v) is 8.80. The predicted octanol–water partition coefficient (Wildman–Crippen LogP) is 3.00. The summed E-state index contributed by atoms with van der Waals surface area (Å²) >= 11 is 0. The summed E-state index contributed by atoms with van der Waals surface area (Å²) in [5, 5.41) is 13.5. The highest BCUT2D eigenvalue weighted by Crippen LogP contribution is 2.39. The van der Waals surface area contributed by atoms with Gasteiger partial charge < -0.3 is 34.1 Å². The third kappa shape index (κ3) is 6.52. The van der Waals surface area contributed by atoms with E-state index in [4.69, 9.17) is 23.7 Å². The highest BCUT2D eigenvalue weighted by atomic mass is 16.7. The molecule has 1 fully saturated rings. The summed E-state index contributed by atoms with van der Waals surface area (Å²) in [5.74, 6) is -0.995. The van der Waals surface area contributed by atoms with Crippen LogP contribution < -0.4 is 5.32 Å². The van der Waals surface area contributed by atoms with Crippen molar-refractivity contribution in [2.24, 2.45) is 11.8 Å². The maximum atomic E-state index is 12.6. The zero-order valence-corrected chi connectivity index (χ0v) is 19.2. The Morgan fingerprint density at radius 2 is 2.06 bits per heavy atom. The highest BCUT2D eigenvalue weighted by Gasteiger charge is 2.48. The van der Waals surface area contributed by atoms with Crippen molar-refractivity contribution >= 4 is 6.09 Å². The molecule has 0 radical (unpaired) electrons. The van der Waals surface area contributed by atoms with Crippen molar-refractivity contribution < 1.29 is 33.6 Å². The lowest BCUT2D eigenvalue weighted by atomic mass is 9.74. The van der Waals surface area contributed by atoms with Crippen LogP contribution in [0.4, 0.5) is 4.79 Å². The van der Waals surface area contributed by atoms with Crippen LogP contribution in [0.1, 0.15) is 32.8 Å². The summed E-state index contributed by atoms with van der Waals surface area (Å²) < 4.78 is 28.7. The van der Waals surface area contributed by atoms with E-state index >= 15 is 0 Å². The Hall–Kier alpha value is -1.97. The molecule has 178 valence electrons. The van der Waals surface area contributed by atoms with Gasteiger partial charge in [-0.2, -0.15) is 0 Å². The quantitative estimate of drug-likeness (QED) is 0.465. The first-order valence-corrected chi connectivity index (χ1v) is 11.0. The third-order valence-electron chi connectivity index (χ3n) is 5.86. The summed E-state index contributed by atoms with van der Waals surface area (Å²) in [7, 11) is 1.53. The molecular formula is C24H35NO7. The molecule has 8 heteroatoms. The number of rotatable bonds is 8. The Bertz CT molecular complexity index is 752. The summed E-state index contributed by atoms with van der Waals surface area (Å²) in [6.45, 7) is 6.01. The van der Waals surface area contributed by atoms with E-state index in [0.717, 1.165) is 12.0 Å². The standard InChI is InChI=1S/C24H35NO7/c1-16(26)21(30-15-28-4)22-20-18(14-31-24(2,3)32-22)11-8-12-19(20)25-23(27)29-13-17-9-6-5-7-10-17/h5-10,12,16,18-22,26H,11,13-15H2,1-4H3,(H,25,27)/t16-,18-,19-,20+,21+,22-/m1/s1. The van der Waals surface area contributed by atoms with Crippen LogP contribution in [0.25, 0.3) is 0 Å². The van der Waals surface area contributed by atoms with Gasteiger partial charge in [0.05, 0.1) is 24.9 Å². The minimum absolute atomic E-state index is 0.0150. The second-order valence-electron chi connectivity index (χ2n) is 8.80. The first kappa shape index (κ1) is 24.7. The lowest BCUT2D eigenvalue weighted by Crippen LogP contribution is -2.55. The maximum Gasteiger partial charge on any atom is 0.407 e. The Morgan fingerprint density at radius 1 is 1.31 bits per heavy atom. The van der Waals surface area contributed by atoms with Crippen molar-refractivity contribution in [3.63, 3.8) is 0 Å². The van der Waals surface area contributed by atoms with E-state index in [2.05, 4.69) is 5.32 Å². The fourth-order valence-electron chi connectivity index (χ4n) is 4.36. The van der Waals surface area contributed by atoms with Gasteiger partial charge in [0, 0.05) is 13.0 Å². The number of allylic oxidation sites excluding steroid dienone is 1. The van der Waals surface area contributed by atoms with Gasteiger partial charge in [0.2, 0.25) is 0 Å². The number of aliphatic hydroxyl groups is 1. The van der Waals surface area contributed by atoms with Crippen LogP contribution in [-0.2, 0) is 30.3 Å². The molecule has 1 saturated heterocycles. The molecule has 0 spiro atoms. The number of aliphatic hydroxyl groups excluding tert-OH is 1. The van der Waals surface area contributed by atoms with Crippen molar-refractivity contribution in [2.75, 3.05) is 20.5 Å². The zero-order chi connectivity index (χ0) is 23.1. The molecule has 6 atom stereocenters. The average Bonchev–Trinajstić information content (AvgIpc) is 2.90. The van der Waals surface area contributed by atoms with Crippen LogP contribution in [0.3, 0.4) is 0 Å². The van der Waals surface area contributed by atoms with Crippen molar-refractivity contribution in [1.29, 1.82) is 0 Å². The number of alkyl carbamates (subject to hydrolysis) is 1. The van der Waals surface area contributed by atoms with Crippen molar-refractivity contribution in [3.8, 4) is 0 Å². The van der Waals surface area contributed by atoms with Crippen molar-refractivity contribution in [1.82, 2.24) is 5.32 Å². The molecule has 1 aromatic rings. The van der Waals surface area contributed by atoms with Gasteiger partial charge in [-0.25, -0.2) is 4.79 Å². The van der Waals surface area contributed by atoms with Gasteiger partial charge in [0.25, 0.3) is 0 Å². The van der Waals surface area contributed by atoms with Gasteiger partial charge in [0.15, 0.2) is 5.79 Å². The van der Waals surface area contributed by atoms with Gasteiger partial charge >= 0.3 is 6.09 Å². The van der Waals surface area contributed by atoms with Crippen LogP contribution in [-0.4, -0.2) is 61.9 Å². The number of amides is 1. The topological polar surface area (TPSA) is 95.5 Å². The van der Waals surface area contributed by atoms with E-state index in [-0.39, 0.29) is 31.3 Å². The highest BCUT2D eigenvalue weighted by molar-refractivity contribution is 5.68. The van der Waals surface area contributed by atoms with Gasteiger partial charge in [-0.15, -0.1) is 0 Å². The first-order chi connectivity index (χ1) is 15.3. The number of hydrogen-bond donors (Lipinski definition) is 2. The summed E-state index contributed by atoms with van der Waals surface area (Å²) in [4.78, 5) is 12.6. The fourth-order valence-corrected chi connectivity index (χ4v) is 4.36. The number of benzene rings is 1. The lowest BCUT2D eigenvalue weighted by Gasteiger charge is -2.42. The van der Waals surface area contributed by atoms with Crippen molar-refractivity contribution in [3.05, 3.63) is 48.0 Å². The summed E-state index contributed by atoms with van der Waals surface area (Å²) in [6, 6.07) is 9.15. The van der Waals surface area contributed by atoms with E-state index in [1.807, 2.05) is 56.3 Å². The van der Waals surface area contributed by atoms with Crippen LogP contribution in [0.15, 0.2) is 42.5 Å². The average molecular weight is 450 g/mol. The number of fused-ring (bicyclic) bond motifs is 1. The molecule has 32 heavy (non-hydrogen) atoms. The van der Waals surface area contributed by atoms with E-state index < -0.39 is 30.2 Å². The van der Waals surface area contributed by atoms with Gasteiger partial charge in [-0.05, 0) is 38.7 Å². The second kappa shape index (κ2) is 11.2. The van der Waals surface area contributed by atoms with E-state index in [1.54, 1.807) is 6.92 Å². The van der Waals surface area contributed by atoms with E-state index in [9.17, 15) is 9.90 Å². The van der Waals surface area contributed by atoms with Crippen LogP contribution >= 0.6 is 0 Å². The number of methoxy groups -OCH3 is 1. The molecule has 0 saturated carbocycles. The van der Waals surface area contributed by atoms with Gasteiger partial charge in [-0.3, -0.25) is 0 Å². The Balaban J connectivity index is 1.78. The molecule has 0 bridgehead atoms. The first-order valence-electron chi connectivity index (χ1n) is 11.0. The minimum atomic E-state index is -0.871. The van der Waals surface area contributed by atoms with Crippen LogP contribution in [0.2, 0.25) is 0 Å². The molecule has 2 aliphatic rings. The molecule has 1 aliphatic heterocycles. The molecule has 2 N–H and O–H groups in total. The van der Waals surface area contributed by atoms with Gasteiger partial charge in [0.1, 0.15) is 19.5 Å². The maximum absolute atomic E-state index is 12.6. The monoisotopic (exact) mass is 449 g/mol. The Labute approximate surface area is 189 Å². The molecule has 1 amide bonds. The van der Waals surface area contributed by atoms with E-state index in [1.165, 1.54) is 7.11 Å². The number of carbonyl (C=O) groups excluding carboxylic acids is 1. The van der Waals surface area contributed by atoms with Crippen molar-refractivity contribution in [2.45, 2.75) is 63.9 Å². The van der Waals surface area contributed by atoms with E-state index in [0.29, 0.717) is 6.61 Å². The number of ether oxygens (including phenoxy) is 5. The smallest absolute Gasteiger partial charge is 0.407 e. The number of carbonyl (C=O) groups is 1. The summed E-state index contributed by atoms with van der Waals surface area (Å²) in [6.07, 6.45) is 2.22. The largest absolute Gasteiger partial charge is 0.445 e. The predicted molar refractivity (Wildman–Crippen MR) is 118 cm³/mol.